The number of phenols is 1. The molecule has 0 saturated heterocycles. The number of benzene rings is 2. The number of rotatable bonds is 5. The van der Waals surface area contributed by atoms with Crippen molar-refractivity contribution in [2.24, 2.45) is 0 Å². The molecular formula is C20H19N3O. The van der Waals surface area contributed by atoms with E-state index in [2.05, 4.69) is 34.3 Å². The molecule has 0 bridgehead atoms. The average Bonchev–Trinajstić information content (AvgIpc) is 2.63. The molecule has 2 N–H and O–H groups in total. The third kappa shape index (κ3) is 3.98. The molecule has 2 aromatic carbocycles. The summed E-state index contributed by atoms with van der Waals surface area (Å²) in [5.74, 6) is 1.05. The highest BCUT2D eigenvalue weighted by molar-refractivity contribution is 5.74. The number of nitrogens with zero attached hydrogens (tertiary/aromatic N) is 2. The van der Waals surface area contributed by atoms with E-state index in [4.69, 9.17) is 0 Å². The molecule has 3 rings (SSSR count). The summed E-state index contributed by atoms with van der Waals surface area (Å²) in [5.41, 5.74) is 3.11. The van der Waals surface area contributed by atoms with Crippen molar-refractivity contribution in [2.45, 2.75) is 13.0 Å². The first-order valence-corrected chi connectivity index (χ1v) is 7.81. The van der Waals surface area contributed by atoms with Crippen molar-refractivity contribution in [1.29, 1.82) is 0 Å². The zero-order chi connectivity index (χ0) is 16.8. The van der Waals surface area contributed by atoms with Gasteiger partial charge in [0.25, 0.3) is 0 Å². The van der Waals surface area contributed by atoms with Crippen LogP contribution in [-0.4, -0.2) is 15.1 Å². The van der Waals surface area contributed by atoms with E-state index in [1.54, 1.807) is 18.3 Å². The molecule has 0 aliphatic rings. The lowest BCUT2D eigenvalue weighted by Crippen LogP contribution is -2.09. The summed E-state index contributed by atoms with van der Waals surface area (Å²) in [6.07, 6.45) is 7.25. The van der Waals surface area contributed by atoms with Crippen LogP contribution in [0.4, 0.5) is 5.82 Å². The van der Waals surface area contributed by atoms with Crippen LogP contribution in [0.1, 0.15) is 29.7 Å². The van der Waals surface area contributed by atoms with Crippen LogP contribution in [-0.2, 0) is 0 Å². The normalized spacial score (nSPS) is 12.2. The lowest BCUT2D eigenvalue weighted by atomic mass is 10.1. The second-order valence-corrected chi connectivity index (χ2v) is 5.53. The van der Waals surface area contributed by atoms with Crippen LogP contribution in [0.15, 0.2) is 67.1 Å². The van der Waals surface area contributed by atoms with E-state index in [-0.39, 0.29) is 11.8 Å². The molecule has 0 aliphatic carbocycles. The van der Waals surface area contributed by atoms with Crippen LogP contribution in [0.25, 0.3) is 12.2 Å². The Balaban J connectivity index is 1.79. The van der Waals surface area contributed by atoms with Gasteiger partial charge in [0, 0.05) is 17.8 Å². The third-order valence-electron chi connectivity index (χ3n) is 3.74. The summed E-state index contributed by atoms with van der Waals surface area (Å²) < 4.78 is 0. The van der Waals surface area contributed by atoms with Gasteiger partial charge in [0.1, 0.15) is 17.9 Å². The summed E-state index contributed by atoms with van der Waals surface area (Å²) in [6.45, 7) is 2.10. The average molecular weight is 317 g/mol. The molecule has 0 radical (unpaired) electrons. The number of aromatic hydroxyl groups is 1. The summed E-state index contributed by atoms with van der Waals surface area (Å²) in [7, 11) is 0. The molecule has 3 aromatic rings. The zero-order valence-corrected chi connectivity index (χ0v) is 13.4. The number of hydrogen-bond donors (Lipinski definition) is 2. The van der Waals surface area contributed by atoms with Crippen molar-refractivity contribution in [3.05, 3.63) is 83.8 Å². The molecule has 0 aliphatic heterocycles. The molecule has 0 fully saturated rings. The molecule has 120 valence electrons. The van der Waals surface area contributed by atoms with Crippen molar-refractivity contribution >= 4 is 18.0 Å². The predicted molar refractivity (Wildman–Crippen MR) is 97.5 cm³/mol. The number of aromatic nitrogens is 2. The van der Waals surface area contributed by atoms with Crippen LogP contribution in [0.5, 0.6) is 5.75 Å². The number of nitrogens with one attached hydrogen (secondary N) is 1. The largest absolute Gasteiger partial charge is 0.508 e. The Bertz CT molecular complexity index is 814. The van der Waals surface area contributed by atoms with Gasteiger partial charge in [-0.05, 0) is 36.3 Å². The van der Waals surface area contributed by atoms with Crippen molar-refractivity contribution in [3.63, 3.8) is 0 Å². The first-order chi connectivity index (χ1) is 11.7. The van der Waals surface area contributed by atoms with Crippen LogP contribution < -0.4 is 5.32 Å². The number of hydrogen-bond acceptors (Lipinski definition) is 4. The van der Waals surface area contributed by atoms with Gasteiger partial charge >= 0.3 is 0 Å². The predicted octanol–water partition coefficient (Wildman–Crippen LogP) is 4.53. The smallest absolute Gasteiger partial charge is 0.137 e. The molecule has 24 heavy (non-hydrogen) atoms. The maximum atomic E-state index is 9.34. The molecule has 0 spiro atoms. The Morgan fingerprint density at radius 2 is 1.75 bits per heavy atom. The monoisotopic (exact) mass is 317 g/mol. The molecular weight excluding hydrogens is 298 g/mol. The topological polar surface area (TPSA) is 58.0 Å². The Kier molecular flexibility index (Phi) is 4.87. The summed E-state index contributed by atoms with van der Waals surface area (Å²) >= 11 is 0. The second-order valence-electron chi connectivity index (χ2n) is 5.53. The molecule has 0 unspecified atom stereocenters. The van der Waals surface area contributed by atoms with Crippen LogP contribution in [0, 0.1) is 0 Å². The van der Waals surface area contributed by atoms with E-state index >= 15 is 0 Å². The Morgan fingerprint density at radius 1 is 1.00 bits per heavy atom. The molecule has 1 atom stereocenters. The molecule has 1 aromatic heterocycles. The standard InChI is InChI=1S/C20H19N3O/c1-15(17-5-3-2-4-6-17)23-20-18(13-21-14-22-20)10-7-16-8-11-19(24)12-9-16/h2-15,24H,1H3,(H,21,22,23)/t15-/m1/s1. The lowest BCUT2D eigenvalue weighted by Gasteiger charge is -2.16. The van der Waals surface area contributed by atoms with Gasteiger partial charge in [0.05, 0.1) is 0 Å². The Labute approximate surface area is 141 Å². The number of anilines is 1. The fourth-order valence-corrected chi connectivity index (χ4v) is 2.38. The van der Waals surface area contributed by atoms with E-state index in [9.17, 15) is 5.11 Å². The first kappa shape index (κ1) is 15.7. The van der Waals surface area contributed by atoms with Crippen molar-refractivity contribution in [3.8, 4) is 5.75 Å². The zero-order valence-electron chi connectivity index (χ0n) is 13.4. The highest BCUT2D eigenvalue weighted by atomic mass is 16.3. The van der Waals surface area contributed by atoms with Gasteiger partial charge in [0.2, 0.25) is 0 Å². The molecule has 0 amide bonds. The summed E-state index contributed by atoms with van der Waals surface area (Å²) in [4.78, 5) is 8.47. The fraction of sp³-hybridized carbons (Fsp3) is 0.100. The Morgan fingerprint density at radius 3 is 2.50 bits per heavy atom. The van der Waals surface area contributed by atoms with Crippen LogP contribution in [0.2, 0.25) is 0 Å². The SMILES string of the molecule is C[C@@H](Nc1ncncc1C=Cc1ccc(O)cc1)c1ccccc1. The van der Waals surface area contributed by atoms with Gasteiger partial charge < -0.3 is 10.4 Å². The van der Waals surface area contributed by atoms with Gasteiger partial charge in [0.15, 0.2) is 0 Å². The van der Waals surface area contributed by atoms with Gasteiger partial charge in [-0.15, -0.1) is 0 Å². The summed E-state index contributed by atoms with van der Waals surface area (Å²) in [6, 6.07) is 17.4. The van der Waals surface area contributed by atoms with Crippen molar-refractivity contribution < 1.29 is 5.11 Å². The van der Waals surface area contributed by atoms with Gasteiger partial charge in [-0.25, -0.2) is 9.97 Å². The quantitative estimate of drug-likeness (QED) is 0.726. The lowest BCUT2D eigenvalue weighted by molar-refractivity contribution is 0.475. The highest BCUT2D eigenvalue weighted by Crippen LogP contribution is 2.21. The van der Waals surface area contributed by atoms with Crippen LogP contribution in [0.3, 0.4) is 0 Å². The van der Waals surface area contributed by atoms with Crippen molar-refractivity contribution in [1.82, 2.24) is 9.97 Å². The van der Waals surface area contributed by atoms with Gasteiger partial charge in [-0.2, -0.15) is 0 Å². The molecule has 0 saturated carbocycles. The van der Waals surface area contributed by atoms with Gasteiger partial charge in [-0.1, -0.05) is 48.5 Å². The fourth-order valence-electron chi connectivity index (χ4n) is 2.38. The van der Waals surface area contributed by atoms with E-state index < -0.39 is 0 Å². The van der Waals surface area contributed by atoms with Crippen LogP contribution >= 0.6 is 0 Å². The molecule has 4 heteroatoms. The van der Waals surface area contributed by atoms with Crippen molar-refractivity contribution in [2.75, 3.05) is 5.32 Å². The third-order valence-corrected chi connectivity index (χ3v) is 3.74. The first-order valence-electron chi connectivity index (χ1n) is 7.81. The second kappa shape index (κ2) is 7.42. The maximum absolute atomic E-state index is 9.34. The molecule has 4 nitrogen and oxygen atoms in total. The van der Waals surface area contributed by atoms with Gasteiger partial charge in [-0.3, -0.25) is 0 Å². The minimum absolute atomic E-state index is 0.141. The van der Waals surface area contributed by atoms with E-state index in [1.807, 2.05) is 42.5 Å². The minimum Gasteiger partial charge on any atom is -0.508 e. The maximum Gasteiger partial charge on any atom is 0.137 e. The van der Waals surface area contributed by atoms with E-state index in [0.717, 1.165) is 16.9 Å². The minimum atomic E-state index is 0.141. The van der Waals surface area contributed by atoms with E-state index in [1.165, 1.54) is 11.9 Å². The Hall–Kier alpha value is -3.14. The summed E-state index contributed by atoms with van der Waals surface area (Å²) in [5, 5.41) is 12.8. The highest BCUT2D eigenvalue weighted by Gasteiger charge is 2.08. The number of phenolic OH excluding ortho intramolecular Hbond substituents is 1. The molecule has 1 heterocycles. The van der Waals surface area contributed by atoms with E-state index in [0.29, 0.717) is 0 Å².